The molecule has 7 heteroatoms. The number of rotatable bonds is 5. The maximum atomic E-state index is 12.4. The summed E-state index contributed by atoms with van der Waals surface area (Å²) in [6, 6.07) is 5.77. The number of sulfone groups is 1. The lowest BCUT2D eigenvalue weighted by atomic mass is 10.3. The Morgan fingerprint density at radius 1 is 1.15 bits per heavy atom. The third-order valence-electron chi connectivity index (χ3n) is 2.42. The van der Waals surface area contributed by atoms with E-state index in [4.69, 9.17) is 4.74 Å². The van der Waals surface area contributed by atoms with Crippen LogP contribution in [0, 0.1) is 0 Å². The van der Waals surface area contributed by atoms with Gasteiger partial charge in [0, 0.05) is 20.3 Å². The number of carbonyl (C=O) groups is 1. The fourth-order valence-corrected chi connectivity index (χ4v) is 2.85. The van der Waals surface area contributed by atoms with Crippen LogP contribution in [0.4, 0.5) is 0 Å². The summed E-state index contributed by atoms with van der Waals surface area (Å²) in [6.07, 6.45) is 1.21. The van der Waals surface area contributed by atoms with Crippen molar-refractivity contribution in [1.29, 1.82) is 0 Å². The van der Waals surface area contributed by atoms with Gasteiger partial charge in [-0.15, -0.1) is 0 Å². The number of nitrogens with zero attached hydrogens (tertiary/aromatic N) is 1. The molecule has 0 aliphatic rings. The Kier molecular flexibility index (Phi) is 5.15. The number of ether oxygens (including phenoxy) is 2. The zero-order chi connectivity index (χ0) is 15.3. The van der Waals surface area contributed by atoms with Crippen molar-refractivity contribution in [3.05, 3.63) is 35.4 Å². The van der Waals surface area contributed by atoms with Crippen LogP contribution >= 0.6 is 0 Å². The molecule has 0 N–H and O–H groups in total. The molecule has 0 saturated heterocycles. The van der Waals surface area contributed by atoms with Crippen molar-refractivity contribution in [3.63, 3.8) is 0 Å². The van der Waals surface area contributed by atoms with Crippen molar-refractivity contribution in [2.45, 2.75) is 4.90 Å². The molecular weight excluding hydrogens is 282 g/mol. The molecule has 1 aromatic carbocycles. The first-order chi connectivity index (χ1) is 9.32. The van der Waals surface area contributed by atoms with Crippen molar-refractivity contribution >= 4 is 15.8 Å². The fourth-order valence-electron chi connectivity index (χ4n) is 1.45. The second-order valence-electron chi connectivity index (χ2n) is 4.13. The van der Waals surface area contributed by atoms with E-state index < -0.39 is 20.7 Å². The third kappa shape index (κ3) is 3.51. The average Bonchev–Trinajstić information content (AvgIpc) is 2.43. The lowest BCUT2D eigenvalue weighted by Gasteiger charge is -2.11. The summed E-state index contributed by atoms with van der Waals surface area (Å²) < 4.78 is 34.4. The van der Waals surface area contributed by atoms with E-state index in [-0.39, 0.29) is 4.90 Å². The first kappa shape index (κ1) is 16.0. The Balaban J connectivity index is 3.32. The molecule has 0 spiro atoms. The van der Waals surface area contributed by atoms with E-state index in [9.17, 15) is 13.2 Å². The summed E-state index contributed by atoms with van der Waals surface area (Å²) >= 11 is 0. The van der Waals surface area contributed by atoms with Gasteiger partial charge in [0.05, 0.1) is 19.1 Å². The Morgan fingerprint density at radius 2 is 1.70 bits per heavy atom. The summed E-state index contributed by atoms with van der Waals surface area (Å²) in [5, 5.41) is 0. The van der Waals surface area contributed by atoms with Gasteiger partial charge in [-0.1, -0.05) is 0 Å². The molecule has 0 aliphatic carbocycles. The highest BCUT2D eigenvalue weighted by atomic mass is 32.2. The first-order valence-electron chi connectivity index (χ1n) is 5.68. The monoisotopic (exact) mass is 299 g/mol. The molecule has 0 saturated carbocycles. The number of hydrogen-bond acceptors (Lipinski definition) is 6. The number of esters is 1. The fraction of sp³-hybridized carbons (Fsp3) is 0.308. The molecule has 0 unspecified atom stereocenters. The van der Waals surface area contributed by atoms with Crippen LogP contribution < -0.4 is 4.74 Å². The number of hydrogen-bond donors (Lipinski definition) is 0. The van der Waals surface area contributed by atoms with E-state index in [1.54, 1.807) is 14.1 Å². The van der Waals surface area contributed by atoms with Crippen LogP contribution in [-0.2, 0) is 19.4 Å². The second kappa shape index (κ2) is 6.42. The van der Waals surface area contributed by atoms with Gasteiger partial charge in [-0.3, -0.25) is 0 Å². The van der Waals surface area contributed by atoms with Crippen LogP contribution in [-0.4, -0.2) is 47.6 Å². The maximum absolute atomic E-state index is 12.4. The molecular formula is C13H17NO5S. The topological polar surface area (TPSA) is 72.9 Å². The first-order valence-corrected chi connectivity index (χ1v) is 7.17. The van der Waals surface area contributed by atoms with Gasteiger partial charge in [-0.25, -0.2) is 13.2 Å². The summed E-state index contributed by atoms with van der Waals surface area (Å²) in [5.41, 5.74) is 0. The number of methoxy groups -OCH3 is 2. The van der Waals surface area contributed by atoms with Crippen LogP contribution in [0.25, 0.3) is 0 Å². The van der Waals surface area contributed by atoms with Crippen molar-refractivity contribution in [2.24, 2.45) is 0 Å². The van der Waals surface area contributed by atoms with Gasteiger partial charge in [-0.05, 0) is 24.3 Å². The molecule has 6 nitrogen and oxygen atoms in total. The number of carbonyl (C=O) groups excluding carboxylic acids is 1. The molecule has 0 amide bonds. The highest BCUT2D eigenvalue weighted by molar-refractivity contribution is 7.96. The number of benzene rings is 1. The van der Waals surface area contributed by atoms with Gasteiger partial charge in [0.15, 0.2) is 4.91 Å². The minimum absolute atomic E-state index is 0.00296. The van der Waals surface area contributed by atoms with Gasteiger partial charge in [0.1, 0.15) is 5.75 Å². The third-order valence-corrected chi connectivity index (χ3v) is 4.17. The smallest absolute Gasteiger partial charge is 0.351 e. The van der Waals surface area contributed by atoms with E-state index >= 15 is 0 Å². The van der Waals surface area contributed by atoms with E-state index in [0.717, 1.165) is 7.11 Å². The summed E-state index contributed by atoms with van der Waals surface area (Å²) in [4.78, 5) is 12.7. The summed E-state index contributed by atoms with van der Waals surface area (Å²) in [6.45, 7) is 0. The zero-order valence-corrected chi connectivity index (χ0v) is 12.6. The summed E-state index contributed by atoms with van der Waals surface area (Å²) in [5.74, 6) is -0.380. The van der Waals surface area contributed by atoms with E-state index in [1.807, 2.05) is 0 Å². The highest BCUT2D eigenvalue weighted by Crippen LogP contribution is 2.23. The molecule has 0 fully saturated rings. The zero-order valence-electron chi connectivity index (χ0n) is 11.8. The molecule has 1 aromatic rings. The molecule has 110 valence electrons. The van der Waals surface area contributed by atoms with E-state index in [1.165, 1.54) is 42.5 Å². The minimum Gasteiger partial charge on any atom is -0.497 e. The standard InChI is InChI=1S/C13H17NO5S/c1-14(2)9-12(13(15)19-4)20(16,17)11-7-5-10(18-3)6-8-11/h5-9H,1-4H3/b12-9+. The second-order valence-corrected chi connectivity index (χ2v) is 6.05. The molecule has 0 heterocycles. The van der Waals surface area contributed by atoms with Crippen LogP contribution in [0.2, 0.25) is 0 Å². The molecule has 0 atom stereocenters. The van der Waals surface area contributed by atoms with Crippen molar-refractivity contribution in [2.75, 3.05) is 28.3 Å². The minimum atomic E-state index is -3.94. The average molecular weight is 299 g/mol. The normalized spacial score (nSPS) is 11.9. The Labute approximate surface area is 118 Å². The summed E-state index contributed by atoms with van der Waals surface area (Å²) in [7, 11) is 1.91. The van der Waals surface area contributed by atoms with Crippen molar-refractivity contribution in [1.82, 2.24) is 4.90 Å². The van der Waals surface area contributed by atoms with Gasteiger partial charge < -0.3 is 14.4 Å². The maximum Gasteiger partial charge on any atom is 0.351 e. The quantitative estimate of drug-likeness (QED) is 0.597. The van der Waals surface area contributed by atoms with Crippen molar-refractivity contribution in [3.8, 4) is 5.75 Å². The van der Waals surface area contributed by atoms with Gasteiger partial charge >= 0.3 is 5.97 Å². The van der Waals surface area contributed by atoms with Crippen LogP contribution in [0.3, 0.4) is 0 Å². The van der Waals surface area contributed by atoms with Gasteiger partial charge in [0.2, 0.25) is 9.84 Å². The Hall–Kier alpha value is -2.02. The predicted molar refractivity (Wildman–Crippen MR) is 74.0 cm³/mol. The molecule has 0 bridgehead atoms. The Bertz CT molecular complexity index is 602. The lowest BCUT2D eigenvalue weighted by Crippen LogP contribution is -2.18. The van der Waals surface area contributed by atoms with Crippen LogP contribution in [0.1, 0.15) is 0 Å². The van der Waals surface area contributed by atoms with Crippen LogP contribution in [0.15, 0.2) is 40.3 Å². The SMILES string of the molecule is COC(=O)/C(=C\N(C)C)S(=O)(=O)c1ccc(OC)cc1. The molecule has 0 aromatic heterocycles. The molecule has 0 aliphatic heterocycles. The highest BCUT2D eigenvalue weighted by Gasteiger charge is 2.28. The van der Waals surface area contributed by atoms with Gasteiger partial charge in [0.25, 0.3) is 0 Å². The van der Waals surface area contributed by atoms with E-state index in [0.29, 0.717) is 5.75 Å². The molecule has 1 rings (SSSR count). The van der Waals surface area contributed by atoms with E-state index in [2.05, 4.69) is 4.74 Å². The van der Waals surface area contributed by atoms with Crippen molar-refractivity contribution < 1.29 is 22.7 Å². The Morgan fingerprint density at radius 3 is 2.10 bits per heavy atom. The van der Waals surface area contributed by atoms with Gasteiger partial charge in [-0.2, -0.15) is 0 Å². The molecule has 0 radical (unpaired) electrons. The molecule has 20 heavy (non-hydrogen) atoms. The predicted octanol–water partition coefficient (Wildman–Crippen LogP) is 1.04. The lowest BCUT2D eigenvalue weighted by molar-refractivity contribution is -0.135. The largest absolute Gasteiger partial charge is 0.497 e. The van der Waals surface area contributed by atoms with Crippen LogP contribution in [0.5, 0.6) is 5.75 Å².